The fraction of sp³-hybridized carbons (Fsp3) is 0.650. The van der Waals surface area contributed by atoms with Gasteiger partial charge in [0.2, 0.25) is 11.8 Å². The van der Waals surface area contributed by atoms with Crippen LogP contribution in [0.2, 0.25) is 0 Å². The maximum Gasteiger partial charge on any atom is 0.228 e. The van der Waals surface area contributed by atoms with Crippen molar-refractivity contribution in [3.05, 3.63) is 24.0 Å². The Morgan fingerprint density at radius 1 is 1.26 bits per heavy atom. The van der Waals surface area contributed by atoms with Gasteiger partial charge in [0.15, 0.2) is 0 Å². The minimum Gasteiger partial charge on any atom is -0.369 e. The van der Waals surface area contributed by atoms with Crippen molar-refractivity contribution in [3.63, 3.8) is 0 Å². The Hall–Kier alpha value is -2.15. The standard InChI is InChI=1S/C20H31N5O2/c1-16-14-21-6-5-18(16)23-7-4-8-24(12-11-23)20(27)17-13-19(26)25(15-17)10-9-22(2)3/h5-6,14,17H,4,7-13,15H2,1-3H3/t17-/m0/s1. The number of aromatic nitrogens is 1. The average Bonchev–Trinajstić information content (AvgIpc) is 2.85. The molecule has 1 aromatic heterocycles. The highest BCUT2D eigenvalue weighted by molar-refractivity contribution is 5.89. The number of carbonyl (C=O) groups is 2. The van der Waals surface area contributed by atoms with E-state index in [0.29, 0.717) is 26.1 Å². The molecule has 2 fully saturated rings. The van der Waals surface area contributed by atoms with Crippen LogP contribution in [0.4, 0.5) is 5.69 Å². The van der Waals surface area contributed by atoms with E-state index in [1.807, 2.05) is 42.4 Å². The highest BCUT2D eigenvalue weighted by Crippen LogP contribution is 2.23. The van der Waals surface area contributed by atoms with Crippen LogP contribution in [0.3, 0.4) is 0 Å². The molecule has 7 nitrogen and oxygen atoms in total. The molecule has 0 N–H and O–H groups in total. The van der Waals surface area contributed by atoms with Crippen LogP contribution in [0.25, 0.3) is 0 Å². The lowest BCUT2D eigenvalue weighted by Crippen LogP contribution is -2.40. The number of nitrogens with zero attached hydrogens (tertiary/aromatic N) is 5. The average molecular weight is 374 g/mol. The number of hydrogen-bond acceptors (Lipinski definition) is 5. The second-order valence-electron chi connectivity index (χ2n) is 7.87. The number of anilines is 1. The van der Waals surface area contributed by atoms with Crippen molar-refractivity contribution in [2.75, 3.05) is 64.8 Å². The molecule has 0 aromatic carbocycles. The molecule has 7 heteroatoms. The lowest BCUT2D eigenvalue weighted by molar-refractivity contribution is -0.135. The van der Waals surface area contributed by atoms with Gasteiger partial charge in [0.1, 0.15) is 0 Å². The van der Waals surface area contributed by atoms with E-state index in [4.69, 9.17) is 0 Å². The number of rotatable bonds is 5. The van der Waals surface area contributed by atoms with Crippen molar-refractivity contribution < 1.29 is 9.59 Å². The number of likely N-dealkylation sites (N-methyl/N-ethyl adjacent to an activating group) is 1. The van der Waals surface area contributed by atoms with Gasteiger partial charge >= 0.3 is 0 Å². The molecule has 3 rings (SSSR count). The molecule has 27 heavy (non-hydrogen) atoms. The summed E-state index contributed by atoms with van der Waals surface area (Å²) in [5.41, 5.74) is 2.36. The summed E-state index contributed by atoms with van der Waals surface area (Å²) in [6.45, 7) is 7.40. The van der Waals surface area contributed by atoms with Crippen molar-refractivity contribution in [1.29, 1.82) is 0 Å². The zero-order valence-electron chi connectivity index (χ0n) is 16.7. The van der Waals surface area contributed by atoms with E-state index in [0.717, 1.165) is 38.2 Å². The molecule has 3 heterocycles. The number of amides is 2. The monoisotopic (exact) mass is 373 g/mol. The van der Waals surface area contributed by atoms with Crippen LogP contribution in [-0.4, -0.2) is 91.4 Å². The van der Waals surface area contributed by atoms with Gasteiger partial charge in [-0.25, -0.2) is 0 Å². The highest BCUT2D eigenvalue weighted by Gasteiger charge is 2.36. The smallest absolute Gasteiger partial charge is 0.228 e. The second kappa shape index (κ2) is 8.69. The van der Waals surface area contributed by atoms with Crippen molar-refractivity contribution >= 4 is 17.5 Å². The Bertz CT molecular complexity index is 678. The number of carbonyl (C=O) groups excluding carboxylic acids is 2. The molecule has 0 unspecified atom stereocenters. The van der Waals surface area contributed by atoms with Crippen LogP contribution < -0.4 is 4.90 Å². The summed E-state index contributed by atoms with van der Waals surface area (Å²) in [6.07, 6.45) is 5.01. The third-order valence-corrected chi connectivity index (χ3v) is 5.52. The van der Waals surface area contributed by atoms with Gasteiger partial charge in [-0.15, -0.1) is 0 Å². The van der Waals surface area contributed by atoms with Gasteiger partial charge in [-0.05, 0) is 39.1 Å². The van der Waals surface area contributed by atoms with E-state index in [9.17, 15) is 9.59 Å². The van der Waals surface area contributed by atoms with E-state index in [1.165, 1.54) is 5.69 Å². The van der Waals surface area contributed by atoms with E-state index in [-0.39, 0.29) is 17.7 Å². The molecular formula is C20H31N5O2. The van der Waals surface area contributed by atoms with Crippen molar-refractivity contribution in [2.24, 2.45) is 5.92 Å². The first-order valence-corrected chi connectivity index (χ1v) is 9.82. The summed E-state index contributed by atoms with van der Waals surface area (Å²) in [7, 11) is 3.99. The third kappa shape index (κ3) is 4.77. The van der Waals surface area contributed by atoms with Gasteiger partial charge in [-0.2, -0.15) is 0 Å². The molecule has 2 saturated heterocycles. The van der Waals surface area contributed by atoms with Crippen molar-refractivity contribution in [1.82, 2.24) is 19.7 Å². The Kier molecular flexibility index (Phi) is 6.31. The van der Waals surface area contributed by atoms with Crippen LogP contribution >= 0.6 is 0 Å². The van der Waals surface area contributed by atoms with Gasteiger partial charge in [-0.3, -0.25) is 14.6 Å². The van der Waals surface area contributed by atoms with Gasteiger partial charge in [0.25, 0.3) is 0 Å². The molecule has 1 atom stereocenters. The lowest BCUT2D eigenvalue weighted by atomic mass is 10.1. The predicted octanol–water partition coefficient (Wildman–Crippen LogP) is 0.839. The van der Waals surface area contributed by atoms with E-state index >= 15 is 0 Å². The SMILES string of the molecule is Cc1cnccc1N1CCCN(C(=O)[C@H]2CC(=O)N(CCN(C)C)C2)CC1. The van der Waals surface area contributed by atoms with Gasteiger partial charge in [-0.1, -0.05) is 0 Å². The molecular weight excluding hydrogens is 342 g/mol. The molecule has 148 valence electrons. The first-order valence-electron chi connectivity index (χ1n) is 9.82. The Labute approximate surface area is 161 Å². The molecule has 0 spiro atoms. The maximum absolute atomic E-state index is 13.0. The van der Waals surface area contributed by atoms with Crippen LogP contribution in [0.5, 0.6) is 0 Å². The molecule has 1 aromatic rings. The number of aryl methyl sites for hydroxylation is 1. The van der Waals surface area contributed by atoms with Crippen LogP contribution in [0.15, 0.2) is 18.5 Å². The number of pyridine rings is 1. The lowest BCUT2D eigenvalue weighted by Gasteiger charge is -2.26. The molecule has 0 radical (unpaired) electrons. The maximum atomic E-state index is 13.0. The summed E-state index contributed by atoms with van der Waals surface area (Å²) in [5.74, 6) is 0.0666. The van der Waals surface area contributed by atoms with Gasteiger partial charge in [0.05, 0.1) is 5.92 Å². The minimum absolute atomic E-state index is 0.110. The zero-order chi connectivity index (χ0) is 19.4. The molecule has 2 aliphatic heterocycles. The Balaban J connectivity index is 1.57. The quantitative estimate of drug-likeness (QED) is 0.765. The number of hydrogen-bond donors (Lipinski definition) is 0. The van der Waals surface area contributed by atoms with Crippen LogP contribution in [0.1, 0.15) is 18.4 Å². The first-order chi connectivity index (χ1) is 13.0. The summed E-state index contributed by atoms with van der Waals surface area (Å²) < 4.78 is 0. The summed E-state index contributed by atoms with van der Waals surface area (Å²) in [6, 6.07) is 2.05. The first kappa shape index (κ1) is 19.6. The third-order valence-electron chi connectivity index (χ3n) is 5.52. The van der Waals surface area contributed by atoms with Crippen molar-refractivity contribution in [2.45, 2.75) is 19.8 Å². The molecule has 0 aliphatic carbocycles. The van der Waals surface area contributed by atoms with Crippen molar-refractivity contribution in [3.8, 4) is 0 Å². The number of likely N-dealkylation sites (tertiary alicyclic amines) is 1. The Morgan fingerprint density at radius 2 is 2.07 bits per heavy atom. The predicted molar refractivity (Wildman–Crippen MR) is 106 cm³/mol. The highest BCUT2D eigenvalue weighted by atomic mass is 16.2. The second-order valence-corrected chi connectivity index (χ2v) is 7.87. The molecule has 0 saturated carbocycles. The fourth-order valence-electron chi connectivity index (χ4n) is 3.93. The zero-order valence-corrected chi connectivity index (χ0v) is 16.7. The largest absolute Gasteiger partial charge is 0.369 e. The van der Waals surface area contributed by atoms with Gasteiger partial charge < -0.3 is 19.6 Å². The Morgan fingerprint density at radius 3 is 2.81 bits per heavy atom. The van der Waals surface area contributed by atoms with Crippen LogP contribution in [-0.2, 0) is 9.59 Å². The van der Waals surface area contributed by atoms with E-state index in [1.54, 1.807) is 0 Å². The van der Waals surface area contributed by atoms with E-state index in [2.05, 4.69) is 21.7 Å². The molecule has 2 aliphatic rings. The van der Waals surface area contributed by atoms with Gasteiger partial charge in [0, 0.05) is 70.3 Å². The fourth-order valence-corrected chi connectivity index (χ4v) is 3.93. The van der Waals surface area contributed by atoms with Crippen LogP contribution in [0, 0.1) is 12.8 Å². The summed E-state index contributed by atoms with van der Waals surface area (Å²) in [4.78, 5) is 37.6. The topological polar surface area (TPSA) is 60.0 Å². The normalized spacial score (nSPS) is 21.1. The molecule has 0 bridgehead atoms. The summed E-state index contributed by atoms with van der Waals surface area (Å²) >= 11 is 0. The minimum atomic E-state index is -0.186. The summed E-state index contributed by atoms with van der Waals surface area (Å²) in [5, 5.41) is 0. The van der Waals surface area contributed by atoms with E-state index < -0.39 is 0 Å². The molecule has 2 amide bonds.